The van der Waals surface area contributed by atoms with Crippen molar-refractivity contribution in [2.24, 2.45) is 0 Å². The van der Waals surface area contributed by atoms with Crippen molar-refractivity contribution in [1.82, 2.24) is 9.80 Å². The number of benzene rings is 2. The van der Waals surface area contributed by atoms with Crippen LogP contribution in [-0.2, 0) is 10.2 Å². The lowest BCUT2D eigenvalue weighted by Crippen LogP contribution is -2.38. The monoisotopic (exact) mass is 474 g/mol. The molecule has 35 heavy (non-hydrogen) atoms. The summed E-state index contributed by atoms with van der Waals surface area (Å²) in [5.41, 5.74) is 2.56. The van der Waals surface area contributed by atoms with Crippen molar-refractivity contribution in [3.8, 4) is 0 Å². The first-order valence-electron chi connectivity index (χ1n) is 12.3. The van der Waals surface area contributed by atoms with Gasteiger partial charge >= 0.3 is 0 Å². The van der Waals surface area contributed by atoms with Crippen molar-refractivity contribution in [3.63, 3.8) is 0 Å². The normalized spacial score (nSPS) is 16.7. The van der Waals surface area contributed by atoms with E-state index in [0.717, 1.165) is 29.6 Å². The number of hydrogen-bond acceptors (Lipinski definition) is 5. The van der Waals surface area contributed by atoms with E-state index in [1.807, 2.05) is 42.5 Å². The van der Waals surface area contributed by atoms with Gasteiger partial charge in [-0.3, -0.25) is 9.59 Å². The summed E-state index contributed by atoms with van der Waals surface area (Å²) < 4.78 is 5.81. The van der Waals surface area contributed by atoms with Crippen molar-refractivity contribution in [2.45, 2.75) is 46.1 Å². The smallest absolute Gasteiger partial charge is 0.290 e. The Bertz CT molecular complexity index is 1230. The number of para-hydroxylation sites is 1. The number of ketones is 1. The van der Waals surface area contributed by atoms with Crippen molar-refractivity contribution >= 4 is 22.7 Å². The molecule has 184 valence electrons. The van der Waals surface area contributed by atoms with Gasteiger partial charge in [0.05, 0.1) is 11.6 Å². The average molecular weight is 475 g/mol. The molecule has 1 N–H and O–H groups in total. The number of aliphatic hydroxyl groups excluding tert-OH is 1. The Morgan fingerprint density at radius 2 is 1.71 bits per heavy atom. The Labute approximate surface area is 206 Å². The average Bonchev–Trinajstić information content (AvgIpc) is 3.38. The molecule has 0 radical (unpaired) electrons. The minimum atomic E-state index is -0.687. The third-order valence-electron chi connectivity index (χ3n) is 6.84. The second-order valence-corrected chi connectivity index (χ2v) is 10.0. The molecule has 6 nitrogen and oxygen atoms in total. The zero-order valence-electron chi connectivity index (χ0n) is 21.2. The number of fused-ring (bicyclic) bond motifs is 1. The van der Waals surface area contributed by atoms with Gasteiger partial charge < -0.3 is 19.3 Å². The fraction of sp³-hybridized carbons (Fsp3) is 0.379. The molecule has 4 rings (SSSR count). The number of likely N-dealkylation sites (N-methyl/N-ethyl adjacent to an activating group) is 1. The van der Waals surface area contributed by atoms with Crippen LogP contribution in [0.1, 0.15) is 62.3 Å². The standard InChI is InChI=1S/C29H34N2O4/c1-6-30(7-2)16-17-31-25(19-12-14-21(15-13-19)29(3,4)5)24(27(33)28(31)34)26(32)23-18-20-10-8-9-11-22(20)35-23/h8-15,18,25,33H,6-7,16-17H2,1-5H3/t25-/m1/s1. The summed E-state index contributed by atoms with van der Waals surface area (Å²) >= 11 is 0. The number of nitrogens with zero attached hydrogens (tertiary/aromatic N) is 2. The fourth-order valence-electron chi connectivity index (χ4n) is 4.64. The van der Waals surface area contributed by atoms with Crippen molar-refractivity contribution in [2.75, 3.05) is 26.2 Å². The lowest BCUT2D eigenvalue weighted by atomic mass is 9.85. The summed E-state index contributed by atoms with van der Waals surface area (Å²) in [5, 5.41) is 11.7. The molecule has 1 amide bonds. The van der Waals surface area contributed by atoms with E-state index in [-0.39, 0.29) is 16.7 Å². The van der Waals surface area contributed by atoms with Gasteiger partial charge in [0.1, 0.15) is 5.58 Å². The highest BCUT2D eigenvalue weighted by atomic mass is 16.3. The van der Waals surface area contributed by atoms with Gasteiger partial charge in [-0.1, -0.05) is 77.1 Å². The first kappa shape index (κ1) is 24.7. The van der Waals surface area contributed by atoms with Gasteiger partial charge in [-0.25, -0.2) is 0 Å². The Hall–Kier alpha value is -3.38. The molecular weight excluding hydrogens is 440 g/mol. The maximum atomic E-state index is 13.7. The summed E-state index contributed by atoms with van der Waals surface area (Å²) in [6, 6.07) is 16.3. The largest absolute Gasteiger partial charge is 0.503 e. The number of carbonyl (C=O) groups excluding carboxylic acids is 2. The number of Topliss-reactive ketones (excluding diaryl/α,β-unsaturated/α-hetero) is 1. The van der Waals surface area contributed by atoms with Crippen molar-refractivity contribution < 1.29 is 19.1 Å². The summed E-state index contributed by atoms with van der Waals surface area (Å²) in [6.45, 7) is 13.3. The van der Waals surface area contributed by atoms with Crippen LogP contribution in [-0.4, -0.2) is 52.8 Å². The Balaban J connectivity index is 1.76. The summed E-state index contributed by atoms with van der Waals surface area (Å²) in [5.74, 6) is -1.38. The molecule has 0 fully saturated rings. The number of amides is 1. The van der Waals surface area contributed by atoms with Crippen LogP contribution in [0.2, 0.25) is 0 Å². The number of rotatable bonds is 8. The molecule has 0 unspecified atom stereocenters. The van der Waals surface area contributed by atoms with Crippen molar-refractivity contribution in [1.29, 1.82) is 0 Å². The fourth-order valence-corrected chi connectivity index (χ4v) is 4.64. The van der Waals surface area contributed by atoms with Crippen LogP contribution in [0.4, 0.5) is 0 Å². The maximum absolute atomic E-state index is 13.7. The van der Waals surface area contributed by atoms with Crippen molar-refractivity contribution in [3.05, 3.63) is 82.8 Å². The number of hydrogen-bond donors (Lipinski definition) is 1. The van der Waals surface area contributed by atoms with Crippen LogP contribution in [0.25, 0.3) is 11.0 Å². The molecular formula is C29H34N2O4. The molecule has 0 aliphatic carbocycles. The van der Waals surface area contributed by atoms with E-state index in [1.54, 1.807) is 17.0 Å². The summed E-state index contributed by atoms with van der Waals surface area (Å²) in [7, 11) is 0. The van der Waals surface area contributed by atoms with Crippen LogP contribution >= 0.6 is 0 Å². The molecule has 0 spiro atoms. The van der Waals surface area contributed by atoms with Gasteiger partial charge in [0, 0.05) is 18.5 Å². The van der Waals surface area contributed by atoms with Crippen LogP contribution in [0.15, 0.2) is 70.3 Å². The van der Waals surface area contributed by atoms with E-state index in [4.69, 9.17) is 4.42 Å². The third-order valence-corrected chi connectivity index (χ3v) is 6.84. The lowest BCUT2D eigenvalue weighted by Gasteiger charge is -2.29. The summed E-state index contributed by atoms with van der Waals surface area (Å²) in [4.78, 5) is 30.7. The predicted octanol–water partition coefficient (Wildman–Crippen LogP) is 5.65. The molecule has 0 bridgehead atoms. The van der Waals surface area contributed by atoms with E-state index in [0.29, 0.717) is 18.7 Å². The highest BCUT2D eigenvalue weighted by Crippen LogP contribution is 2.40. The third kappa shape index (κ3) is 4.76. The molecule has 2 heterocycles. The van der Waals surface area contributed by atoms with Gasteiger partial charge in [-0.2, -0.15) is 0 Å². The number of carbonyl (C=O) groups is 2. The second kappa shape index (κ2) is 9.70. The Morgan fingerprint density at radius 1 is 1.06 bits per heavy atom. The SMILES string of the molecule is CCN(CC)CCN1C(=O)C(O)=C(C(=O)c2cc3ccccc3o2)[C@H]1c1ccc(C(C)(C)C)cc1. The van der Waals surface area contributed by atoms with E-state index in [9.17, 15) is 14.7 Å². The van der Waals surface area contributed by atoms with E-state index in [1.165, 1.54) is 0 Å². The van der Waals surface area contributed by atoms with Crippen LogP contribution in [0.3, 0.4) is 0 Å². The predicted molar refractivity (Wildman–Crippen MR) is 138 cm³/mol. The van der Waals surface area contributed by atoms with E-state index >= 15 is 0 Å². The Morgan fingerprint density at radius 3 is 2.31 bits per heavy atom. The summed E-state index contributed by atoms with van der Waals surface area (Å²) in [6.07, 6.45) is 0. The first-order chi connectivity index (χ1) is 16.7. The van der Waals surface area contributed by atoms with Crippen LogP contribution < -0.4 is 0 Å². The first-order valence-corrected chi connectivity index (χ1v) is 12.3. The number of aliphatic hydroxyl groups is 1. The van der Waals surface area contributed by atoms with Gasteiger partial charge in [0.15, 0.2) is 11.5 Å². The quantitative estimate of drug-likeness (QED) is 0.427. The van der Waals surface area contributed by atoms with E-state index in [2.05, 4.69) is 39.5 Å². The second-order valence-electron chi connectivity index (χ2n) is 10.0. The van der Waals surface area contributed by atoms with Crippen LogP contribution in [0.5, 0.6) is 0 Å². The molecule has 6 heteroatoms. The van der Waals surface area contributed by atoms with Gasteiger partial charge in [-0.05, 0) is 41.8 Å². The van der Waals surface area contributed by atoms with Crippen LogP contribution in [0, 0.1) is 0 Å². The topological polar surface area (TPSA) is 74.0 Å². The maximum Gasteiger partial charge on any atom is 0.290 e. The highest BCUT2D eigenvalue weighted by molar-refractivity contribution is 6.16. The molecule has 2 aromatic carbocycles. The molecule has 1 aromatic heterocycles. The molecule has 0 saturated heterocycles. The zero-order chi connectivity index (χ0) is 25.3. The molecule has 0 saturated carbocycles. The zero-order valence-corrected chi connectivity index (χ0v) is 21.2. The highest BCUT2D eigenvalue weighted by Gasteiger charge is 2.44. The van der Waals surface area contributed by atoms with Gasteiger partial charge in [-0.15, -0.1) is 0 Å². The number of furan rings is 1. The molecule has 3 aromatic rings. The van der Waals surface area contributed by atoms with Gasteiger partial charge in [0.25, 0.3) is 5.91 Å². The molecule has 1 atom stereocenters. The Kier molecular flexibility index (Phi) is 6.86. The molecule has 1 aliphatic rings. The van der Waals surface area contributed by atoms with Gasteiger partial charge in [0.2, 0.25) is 5.78 Å². The lowest BCUT2D eigenvalue weighted by molar-refractivity contribution is -0.129. The minimum Gasteiger partial charge on any atom is -0.503 e. The van der Waals surface area contributed by atoms with E-state index < -0.39 is 23.5 Å². The molecule has 1 aliphatic heterocycles. The minimum absolute atomic E-state index is 0.0304.